The van der Waals surface area contributed by atoms with Crippen LogP contribution in [-0.2, 0) is 10.2 Å². The van der Waals surface area contributed by atoms with E-state index in [-0.39, 0.29) is 0 Å². The maximum absolute atomic E-state index is 11.9. The number of anilines is 2. The summed E-state index contributed by atoms with van der Waals surface area (Å²) in [6.07, 6.45) is 0. The molecule has 0 bridgehead atoms. The molecule has 0 aliphatic heterocycles. The van der Waals surface area contributed by atoms with E-state index in [9.17, 15) is 8.42 Å². The molecular formula is C11H19N3O2S. The summed E-state index contributed by atoms with van der Waals surface area (Å²) in [7, 11) is -3.46. The van der Waals surface area contributed by atoms with Gasteiger partial charge in [0.05, 0.1) is 5.69 Å². The maximum Gasteiger partial charge on any atom is 0.301 e. The molecule has 6 heteroatoms. The molecule has 0 amide bonds. The fourth-order valence-electron chi connectivity index (χ4n) is 1.52. The number of nitrogens with one attached hydrogen (secondary N) is 1. The maximum atomic E-state index is 11.9. The first-order valence-electron chi connectivity index (χ1n) is 5.54. The largest absolute Gasteiger partial charge is 0.399 e. The first kappa shape index (κ1) is 13.8. The summed E-state index contributed by atoms with van der Waals surface area (Å²) in [4.78, 5) is 0. The second-order valence-corrected chi connectivity index (χ2v) is 5.43. The fourth-order valence-corrected chi connectivity index (χ4v) is 2.75. The molecule has 0 radical (unpaired) electrons. The predicted octanol–water partition coefficient (Wildman–Crippen LogP) is 1.58. The van der Waals surface area contributed by atoms with Crippen LogP contribution >= 0.6 is 0 Å². The minimum Gasteiger partial charge on any atom is -0.399 e. The number of hydrogen-bond acceptors (Lipinski definition) is 3. The van der Waals surface area contributed by atoms with Crippen molar-refractivity contribution < 1.29 is 8.42 Å². The van der Waals surface area contributed by atoms with Gasteiger partial charge in [0.15, 0.2) is 0 Å². The molecule has 0 saturated heterocycles. The predicted molar refractivity (Wildman–Crippen MR) is 71.1 cm³/mol. The average Bonchev–Trinajstić information content (AvgIpc) is 2.24. The number of nitrogens with two attached hydrogens (primary N) is 1. The van der Waals surface area contributed by atoms with Gasteiger partial charge in [-0.1, -0.05) is 13.8 Å². The quantitative estimate of drug-likeness (QED) is 0.786. The van der Waals surface area contributed by atoms with Gasteiger partial charge in [-0.3, -0.25) is 4.72 Å². The van der Waals surface area contributed by atoms with Crippen LogP contribution in [0.25, 0.3) is 0 Å². The van der Waals surface area contributed by atoms with E-state index in [0.717, 1.165) is 5.56 Å². The van der Waals surface area contributed by atoms with E-state index in [1.165, 1.54) is 4.31 Å². The Balaban J connectivity index is 2.94. The lowest BCUT2D eigenvalue weighted by Gasteiger charge is -2.19. The molecular weight excluding hydrogens is 238 g/mol. The van der Waals surface area contributed by atoms with Gasteiger partial charge < -0.3 is 5.73 Å². The summed E-state index contributed by atoms with van der Waals surface area (Å²) in [6.45, 7) is 6.33. The van der Waals surface area contributed by atoms with E-state index < -0.39 is 10.2 Å². The highest BCUT2D eigenvalue weighted by Gasteiger charge is 2.18. The van der Waals surface area contributed by atoms with Crippen molar-refractivity contribution in [2.75, 3.05) is 23.5 Å². The van der Waals surface area contributed by atoms with Crippen molar-refractivity contribution >= 4 is 21.6 Å². The van der Waals surface area contributed by atoms with Crippen molar-refractivity contribution in [2.45, 2.75) is 20.8 Å². The van der Waals surface area contributed by atoms with Crippen LogP contribution in [0.3, 0.4) is 0 Å². The van der Waals surface area contributed by atoms with Gasteiger partial charge in [-0.15, -0.1) is 0 Å². The van der Waals surface area contributed by atoms with Crippen LogP contribution in [0.4, 0.5) is 11.4 Å². The zero-order valence-corrected chi connectivity index (χ0v) is 11.2. The minimum atomic E-state index is -3.46. The van der Waals surface area contributed by atoms with Crippen LogP contribution in [0.5, 0.6) is 0 Å². The van der Waals surface area contributed by atoms with Crippen LogP contribution in [-0.4, -0.2) is 25.8 Å². The Kier molecular flexibility index (Phi) is 4.36. The van der Waals surface area contributed by atoms with Crippen LogP contribution in [0, 0.1) is 6.92 Å². The zero-order chi connectivity index (χ0) is 13.1. The molecule has 5 nitrogen and oxygen atoms in total. The topological polar surface area (TPSA) is 75.4 Å². The Labute approximate surface area is 103 Å². The number of hydrogen-bond donors (Lipinski definition) is 2. The Morgan fingerprint density at radius 2 is 1.88 bits per heavy atom. The number of benzene rings is 1. The number of aryl methyl sites for hydroxylation is 1. The molecule has 0 aliphatic carbocycles. The number of nitrogens with zero attached hydrogens (tertiary/aromatic N) is 1. The lowest BCUT2D eigenvalue weighted by molar-refractivity contribution is 0.449. The standard InChI is InChI=1S/C11H19N3O2S/c1-4-14(5-2)17(15,16)13-10-6-7-11(12)9(3)8-10/h6-8,13H,4-5,12H2,1-3H3. The highest BCUT2D eigenvalue weighted by atomic mass is 32.2. The highest BCUT2D eigenvalue weighted by molar-refractivity contribution is 7.90. The van der Waals surface area contributed by atoms with E-state index >= 15 is 0 Å². The van der Waals surface area contributed by atoms with Crippen molar-refractivity contribution in [1.29, 1.82) is 0 Å². The van der Waals surface area contributed by atoms with E-state index in [1.54, 1.807) is 32.0 Å². The van der Waals surface area contributed by atoms with Crippen molar-refractivity contribution in [3.8, 4) is 0 Å². The van der Waals surface area contributed by atoms with Gasteiger partial charge in [0.1, 0.15) is 0 Å². The number of rotatable bonds is 5. The smallest absolute Gasteiger partial charge is 0.301 e. The first-order chi connectivity index (χ1) is 7.90. The number of nitrogen functional groups attached to an aromatic ring is 1. The van der Waals surface area contributed by atoms with Gasteiger partial charge in [-0.05, 0) is 30.7 Å². The zero-order valence-electron chi connectivity index (χ0n) is 10.4. The lowest BCUT2D eigenvalue weighted by atomic mass is 10.2. The summed E-state index contributed by atoms with van der Waals surface area (Å²) in [5.41, 5.74) is 7.71. The molecule has 0 fully saturated rings. The second-order valence-electron chi connectivity index (χ2n) is 3.76. The summed E-state index contributed by atoms with van der Waals surface area (Å²) >= 11 is 0. The molecule has 0 aromatic heterocycles. The third-order valence-corrected chi connectivity index (χ3v) is 4.25. The monoisotopic (exact) mass is 257 g/mol. The normalized spacial score (nSPS) is 11.8. The minimum absolute atomic E-state index is 0.444. The van der Waals surface area contributed by atoms with Crippen molar-refractivity contribution in [3.63, 3.8) is 0 Å². The molecule has 3 N–H and O–H groups in total. The Morgan fingerprint density at radius 1 is 1.29 bits per heavy atom. The molecule has 96 valence electrons. The van der Waals surface area contributed by atoms with E-state index in [0.29, 0.717) is 24.5 Å². The van der Waals surface area contributed by atoms with Crippen molar-refractivity contribution in [1.82, 2.24) is 4.31 Å². The summed E-state index contributed by atoms with van der Waals surface area (Å²) < 4.78 is 27.8. The van der Waals surface area contributed by atoms with Crippen LogP contribution in [0.2, 0.25) is 0 Å². The van der Waals surface area contributed by atoms with Crippen LogP contribution in [0.15, 0.2) is 18.2 Å². The van der Waals surface area contributed by atoms with Gasteiger partial charge in [-0.25, -0.2) is 0 Å². The first-order valence-corrected chi connectivity index (χ1v) is 6.98. The van der Waals surface area contributed by atoms with E-state index in [4.69, 9.17) is 5.73 Å². The summed E-state index contributed by atoms with van der Waals surface area (Å²) in [5.74, 6) is 0. The van der Waals surface area contributed by atoms with Crippen LogP contribution in [0.1, 0.15) is 19.4 Å². The molecule has 1 aromatic carbocycles. The second kappa shape index (κ2) is 5.37. The van der Waals surface area contributed by atoms with Crippen molar-refractivity contribution in [2.24, 2.45) is 0 Å². The summed E-state index contributed by atoms with van der Waals surface area (Å²) in [6, 6.07) is 5.06. The van der Waals surface area contributed by atoms with E-state index in [2.05, 4.69) is 4.72 Å². The molecule has 1 aromatic rings. The molecule has 0 heterocycles. The fraction of sp³-hybridized carbons (Fsp3) is 0.455. The molecule has 1 rings (SSSR count). The van der Waals surface area contributed by atoms with Gasteiger partial charge in [0.2, 0.25) is 0 Å². The third kappa shape index (κ3) is 3.34. The highest BCUT2D eigenvalue weighted by Crippen LogP contribution is 2.18. The van der Waals surface area contributed by atoms with E-state index in [1.807, 2.05) is 6.92 Å². The Hall–Kier alpha value is -1.27. The lowest BCUT2D eigenvalue weighted by Crippen LogP contribution is -2.35. The van der Waals surface area contributed by atoms with Gasteiger partial charge in [-0.2, -0.15) is 12.7 Å². The molecule has 0 saturated carbocycles. The summed E-state index contributed by atoms with van der Waals surface area (Å²) in [5, 5.41) is 0. The molecule has 0 aliphatic rings. The average molecular weight is 257 g/mol. The molecule has 0 atom stereocenters. The molecule has 17 heavy (non-hydrogen) atoms. The van der Waals surface area contributed by atoms with Crippen LogP contribution < -0.4 is 10.5 Å². The van der Waals surface area contributed by atoms with Gasteiger partial charge in [0.25, 0.3) is 0 Å². The third-order valence-electron chi connectivity index (χ3n) is 2.56. The molecule has 0 spiro atoms. The van der Waals surface area contributed by atoms with Crippen molar-refractivity contribution in [3.05, 3.63) is 23.8 Å². The molecule has 0 unspecified atom stereocenters. The van der Waals surface area contributed by atoms with Gasteiger partial charge >= 0.3 is 10.2 Å². The Bertz CT molecular complexity index is 481. The van der Waals surface area contributed by atoms with Gasteiger partial charge in [0, 0.05) is 18.8 Å². The Morgan fingerprint density at radius 3 is 2.35 bits per heavy atom. The SMILES string of the molecule is CCN(CC)S(=O)(=O)Nc1ccc(N)c(C)c1.